The molecule has 1 aromatic heterocycles. The molecule has 0 bridgehead atoms. The first-order valence-electron chi connectivity index (χ1n) is 6.06. The first kappa shape index (κ1) is 11.2. The summed E-state index contributed by atoms with van der Waals surface area (Å²) in [5.41, 5.74) is 0. The van der Waals surface area contributed by atoms with Gasteiger partial charge in [-0.1, -0.05) is 11.6 Å². The number of nitrogens with zero attached hydrogens (tertiary/aromatic N) is 2. The van der Waals surface area contributed by atoms with E-state index in [-0.39, 0.29) is 0 Å². The number of ether oxygens (including phenoxy) is 2. The monoisotopic (exact) mass is 254 g/mol. The van der Waals surface area contributed by atoms with Gasteiger partial charge in [0.05, 0.1) is 13.2 Å². The maximum atomic E-state index is 5.96. The van der Waals surface area contributed by atoms with Gasteiger partial charge in [0.1, 0.15) is 11.0 Å². The molecule has 0 amide bonds. The summed E-state index contributed by atoms with van der Waals surface area (Å²) < 4.78 is 11.0. The van der Waals surface area contributed by atoms with Gasteiger partial charge in [-0.2, -0.15) is 4.98 Å². The van der Waals surface area contributed by atoms with E-state index in [9.17, 15) is 0 Å². The van der Waals surface area contributed by atoms with Crippen molar-refractivity contribution in [1.29, 1.82) is 0 Å². The molecule has 1 atom stereocenters. The van der Waals surface area contributed by atoms with Crippen LogP contribution in [0, 0.1) is 5.92 Å². The van der Waals surface area contributed by atoms with E-state index in [4.69, 9.17) is 21.1 Å². The van der Waals surface area contributed by atoms with Crippen molar-refractivity contribution < 1.29 is 9.47 Å². The lowest BCUT2D eigenvalue weighted by Crippen LogP contribution is -2.12. The Morgan fingerprint density at radius 1 is 1.35 bits per heavy atom. The Morgan fingerprint density at radius 2 is 2.24 bits per heavy atom. The molecule has 17 heavy (non-hydrogen) atoms. The Bertz CT molecular complexity index is 403. The molecule has 0 aromatic carbocycles. The lowest BCUT2D eigenvalue weighted by Gasteiger charge is -2.10. The van der Waals surface area contributed by atoms with E-state index in [0.717, 1.165) is 38.3 Å². The van der Waals surface area contributed by atoms with E-state index in [1.165, 1.54) is 0 Å². The molecule has 92 valence electrons. The van der Waals surface area contributed by atoms with Crippen molar-refractivity contribution in [3.8, 4) is 5.88 Å². The average molecular weight is 255 g/mol. The molecule has 2 fully saturated rings. The van der Waals surface area contributed by atoms with E-state index in [0.29, 0.717) is 29.5 Å². The topological polar surface area (TPSA) is 44.2 Å². The average Bonchev–Trinajstić information content (AvgIpc) is 3.04. The summed E-state index contributed by atoms with van der Waals surface area (Å²) in [6.45, 7) is 2.28. The normalized spacial score (nSPS) is 23.9. The number of hydrogen-bond donors (Lipinski definition) is 0. The molecule has 1 aliphatic heterocycles. The van der Waals surface area contributed by atoms with Crippen LogP contribution in [0.25, 0.3) is 0 Å². The highest BCUT2D eigenvalue weighted by Gasteiger charge is 2.27. The van der Waals surface area contributed by atoms with Crippen LogP contribution in [0.3, 0.4) is 0 Å². The van der Waals surface area contributed by atoms with Gasteiger partial charge in [-0.05, 0) is 19.3 Å². The fourth-order valence-corrected chi connectivity index (χ4v) is 2.11. The largest absolute Gasteiger partial charge is 0.477 e. The summed E-state index contributed by atoms with van der Waals surface area (Å²) in [6, 6.07) is 1.68. The lowest BCUT2D eigenvalue weighted by atomic mass is 10.1. The van der Waals surface area contributed by atoms with Crippen molar-refractivity contribution in [3.05, 3.63) is 17.0 Å². The van der Waals surface area contributed by atoms with Crippen LogP contribution in [-0.2, 0) is 4.74 Å². The zero-order valence-corrected chi connectivity index (χ0v) is 10.3. The van der Waals surface area contributed by atoms with Crippen LogP contribution in [0.5, 0.6) is 5.88 Å². The van der Waals surface area contributed by atoms with Crippen molar-refractivity contribution in [3.63, 3.8) is 0 Å². The van der Waals surface area contributed by atoms with Crippen LogP contribution in [-0.4, -0.2) is 29.8 Å². The first-order valence-corrected chi connectivity index (χ1v) is 6.44. The SMILES string of the molecule is Clc1cc(OCC2CCOC2)nc(C2CC2)n1. The maximum absolute atomic E-state index is 5.96. The van der Waals surface area contributed by atoms with E-state index in [2.05, 4.69) is 9.97 Å². The van der Waals surface area contributed by atoms with Crippen LogP contribution in [0.15, 0.2) is 6.07 Å². The molecule has 1 unspecified atom stereocenters. The Labute approximate surface area is 105 Å². The second-order valence-corrected chi connectivity index (χ2v) is 5.09. The minimum absolute atomic E-state index is 0.472. The Hall–Kier alpha value is -0.870. The second-order valence-electron chi connectivity index (χ2n) is 4.70. The Morgan fingerprint density at radius 3 is 2.94 bits per heavy atom. The molecule has 1 aromatic rings. The van der Waals surface area contributed by atoms with Crippen molar-refractivity contribution >= 4 is 11.6 Å². The predicted octanol–water partition coefficient (Wildman–Crippen LogP) is 2.42. The standard InChI is InChI=1S/C12H15ClN2O2/c13-10-5-11(15-12(14-10)9-1-2-9)17-7-8-3-4-16-6-8/h5,8-9H,1-4,6-7H2. The zero-order chi connectivity index (χ0) is 11.7. The third kappa shape index (κ3) is 2.87. The maximum Gasteiger partial charge on any atom is 0.218 e. The summed E-state index contributed by atoms with van der Waals surface area (Å²) in [5.74, 6) is 2.40. The predicted molar refractivity (Wildman–Crippen MR) is 63.4 cm³/mol. The summed E-state index contributed by atoms with van der Waals surface area (Å²) in [6.07, 6.45) is 3.39. The first-order chi connectivity index (χ1) is 8.31. The molecule has 2 aliphatic rings. The van der Waals surface area contributed by atoms with E-state index in [1.807, 2.05) is 0 Å². The van der Waals surface area contributed by atoms with Crippen LogP contribution < -0.4 is 4.74 Å². The summed E-state index contributed by atoms with van der Waals surface area (Å²) in [5, 5.41) is 0.472. The summed E-state index contributed by atoms with van der Waals surface area (Å²) in [7, 11) is 0. The highest BCUT2D eigenvalue weighted by atomic mass is 35.5. The summed E-state index contributed by atoms with van der Waals surface area (Å²) in [4.78, 5) is 8.62. The molecule has 2 heterocycles. The van der Waals surface area contributed by atoms with Crippen molar-refractivity contribution in [2.45, 2.75) is 25.2 Å². The molecule has 0 spiro atoms. The fourth-order valence-electron chi connectivity index (χ4n) is 1.93. The third-order valence-electron chi connectivity index (χ3n) is 3.12. The van der Waals surface area contributed by atoms with Gasteiger partial charge in [-0.3, -0.25) is 0 Å². The van der Waals surface area contributed by atoms with Crippen molar-refractivity contribution in [2.24, 2.45) is 5.92 Å². The molecule has 0 radical (unpaired) electrons. The molecule has 0 N–H and O–H groups in total. The van der Waals surface area contributed by atoms with E-state index < -0.39 is 0 Å². The second kappa shape index (κ2) is 4.78. The number of halogens is 1. The molecule has 1 saturated carbocycles. The van der Waals surface area contributed by atoms with Gasteiger partial charge in [-0.25, -0.2) is 4.98 Å². The van der Waals surface area contributed by atoms with Gasteiger partial charge >= 0.3 is 0 Å². The van der Waals surface area contributed by atoms with Gasteiger partial charge in [-0.15, -0.1) is 0 Å². The van der Waals surface area contributed by atoms with Gasteiger partial charge in [0, 0.05) is 24.5 Å². The minimum atomic E-state index is 0.472. The molecule has 4 nitrogen and oxygen atoms in total. The smallest absolute Gasteiger partial charge is 0.218 e. The molecule has 5 heteroatoms. The van der Waals surface area contributed by atoms with Gasteiger partial charge in [0.2, 0.25) is 5.88 Å². The number of aromatic nitrogens is 2. The quantitative estimate of drug-likeness (QED) is 0.774. The highest BCUT2D eigenvalue weighted by Crippen LogP contribution is 2.39. The van der Waals surface area contributed by atoms with Crippen molar-refractivity contribution in [1.82, 2.24) is 9.97 Å². The molecule has 3 rings (SSSR count). The van der Waals surface area contributed by atoms with E-state index in [1.54, 1.807) is 6.07 Å². The number of rotatable bonds is 4. The summed E-state index contributed by atoms with van der Waals surface area (Å²) >= 11 is 5.96. The van der Waals surface area contributed by atoms with Crippen molar-refractivity contribution in [2.75, 3.05) is 19.8 Å². The van der Waals surface area contributed by atoms with Crippen LogP contribution in [0.4, 0.5) is 0 Å². The molecule has 1 saturated heterocycles. The van der Waals surface area contributed by atoms with Crippen LogP contribution >= 0.6 is 11.6 Å². The van der Waals surface area contributed by atoms with E-state index >= 15 is 0 Å². The Kier molecular flexibility index (Phi) is 3.16. The fraction of sp³-hybridized carbons (Fsp3) is 0.667. The lowest BCUT2D eigenvalue weighted by molar-refractivity contribution is 0.165. The zero-order valence-electron chi connectivity index (χ0n) is 9.56. The minimum Gasteiger partial charge on any atom is -0.477 e. The highest BCUT2D eigenvalue weighted by molar-refractivity contribution is 6.29. The van der Waals surface area contributed by atoms with Gasteiger partial charge < -0.3 is 9.47 Å². The molecular weight excluding hydrogens is 240 g/mol. The third-order valence-corrected chi connectivity index (χ3v) is 3.32. The van der Waals surface area contributed by atoms with Crippen LogP contribution in [0.2, 0.25) is 5.15 Å². The van der Waals surface area contributed by atoms with Gasteiger partial charge in [0.15, 0.2) is 0 Å². The Balaban J connectivity index is 1.64. The number of hydrogen-bond acceptors (Lipinski definition) is 4. The van der Waals surface area contributed by atoms with Crippen LogP contribution in [0.1, 0.15) is 31.0 Å². The van der Waals surface area contributed by atoms with Gasteiger partial charge in [0.25, 0.3) is 0 Å². The molecular formula is C12H15ClN2O2. The molecule has 1 aliphatic carbocycles.